The van der Waals surface area contributed by atoms with Gasteiger partial charge in [-0.15, -0.1) is 0 Å². The van der Waals surface area contributed by atoms with Gasteiger partial charge in [-0.1, -0.05) is 41.9 Å². The summed E-state index contributed by atoms with van der Waals surface area (Å²) in [5.74, 6) is 0.676. The van der Waals surface area contributed by atoms with Crippen LogP contribution in [0.2, 0.25) is 5.02 Å². The number of rotatable bonds is 7. The molecule has 0 atom stereocenters. The number of hydrogen-bond donors (Lipinski definition) is 2. The lowest BCUT2D eigenvalue weighted by Crippen LogP contribution is -2.13. The summed E-state index contributed by atoms with van der Waals surface area (Å²) in [6.45, 7) is 0.697. The second-order valence-corrected chi connectivity index (χ2v) is 7.78. The highest BCUT2D eigenvalue weighted by Crippen LogP contribution is 2.16. The highest BCUT2D eigenvalue weighted by molar-refractivity contribution is 7.92. The fraction of sp³-hybridized carbons (Fsp3) is 0.105. The van der Waals surface area contributed by atoms with E-state index in [4.69, 9.17) is 11.6 Å². The third-order valence-electron chi connectivity index (χ3n) is 3.68. The molecule has 26 heavy (non-hydrogen) atoms. The lowest BCUT2D eigenvalue weighted by atomic mass is 10.1. The smallest absolute Gasteiger partial charge is 0.261 e. The standard InChI is InChI=1S/C19H18ClN3O2S/c20-16-6-4-5-15(13-16)11-12-21-19-10-9-17(14-22-19)23-26(24,25)18-7-2-1-3-8-18/h1-10,13-14,23H,11-12H2,(H,21,22). The maximum absolute atomic E-state index is 12.3. The van der Waals surface area contributed by atoms with E-state index in [9.17, 15) is 8.42 Å². The number of anilines is 2. The number of halogens is 1. The second-order valence-electron chi connectivity index (χ2n) is 5.66. The minimum atomic E-state index is -3.61. The van der Waals surface area contributed by atoms with Crippen molar-refractivity contribution >= 4 is 33.1 Å². The number of sulfonamides is 1. The van der Waals surface area contributed by atoms with Gasteiger partial charge in [0, 0.05) is 11.6 Å². The SMILES string of the molecule is O=S(=O)(Nc1ccc(NCCc2cccc(Cl)c2)nc1)c1ccccc1. The lowest BCUT2D eigenvalue weighted by Gasteiger charge is -2.09. The fourth-order valence-corrected chi connectivity index (χ4v) is 3.68. The molecule has 0 aliphatic heterocycles. The van der Waals surface area contributed by atoms with Crippen molar-refractivity contribution in [2.45, 2.75) is 11.3 Å². The van der Waals surface area contributed by atoms with Crippen LogP contribution >= 0.6 is 11.6 Å². The van der Waals surface area contributed by atoms with Crippen LogP contribution in [0, 0.1) is 0 Å². The molecule has 0 saturated heterocycles. The average Bonchev–Trinajstić information content (AvgIpc) is 2.64. The Balaban J connectivity index is 1.57. The lowest BCUT2D eigenvalue weighted by molar-refractivity contribution is 0.601. The number of pyridine rings is 1. The second kappa shape index (κ2) is 8.21. The van der Waals surface area contributed by atoms with Gasteiger partial charge < -0.3 is 5.32 Å². The summed E-state index contributed by atoms with van der Waals surface area (Å²) in [7, 11) is -3.61. The van der Waals surface area contributed by atoms with Crippen LogP contribution in [-0.4, -0.2) is 19.9 Å². The molecule has 5 nitrogen and oxygen atoms in total. The molecule has 0 unspecified atom stereocenters. The van der Waals surface area contributed by atoms with Crippen molar-refractivity contribution in [3.8, 4) is 0 Å². The summed E-state index contributed by atoms with van der Waals surface area (Å²) >= 11 is 5.97. The van der Waals surface area contributed by atoms with E-state index in [0.29, 0.717) is 18.1 Å². The zero-order chi connectivity index (χ0) is 18.4. The third kappa shape index (κ3) is 4.97. The predicted molar refractivity (Wildman–Crippen MR) is 105 cm³/mol. The van der Waals surface area contributed by atoms with Crippen LogP contribution in [0.4, 0.5) is 11.5 Å². The van der Waals surface area contributed by atoms with Crippen molar-refractivity contribution in [3.05, 3.63) is 83.5 Å². The molecule has 0 bridgehead atoms. The first-order chi connectivity index (χ1) is 12.5. The zero-order valence-corrected chi connectivity index (χ0v) is 15.5. The van der Waals surface area contributed by atoms with Gasteiger partial charge in [0.1, 0.15) is 5.82 Å². The van der Waals surface area contributed by atoms with E-state index in [0.717, 1.165) is 17.0 Å². The average molecular weight is 388 g/mol. The molecule has 0 radical (unpaired) electrons. The number of hydrogen-bond acceptors (Lipinski definition) is 4. The maximum atomic E-state index is 12.3. The van der Waals surface area contributed by atoms with Crippen molar-refractivity contribution in [3.63, 3.8) is 0 Å². The van der Waals surface area contributed by atoms with Crippen LogP contribution in [0.3, 0.4) is 0 Å². The van der Waals surface area contributed by atoms with E-state index in [-0.39, 0.29) is 4.90 Å². The molecule has 3 aromatic rings. The van der Waals surface area contributed by atoms with Crippen LogP contribution in [0.15, 0.2) is 77.8 Å². The molecule has 2 aromatic carbocycles. The van der Waals surface area contributed by atoms with Crippen LogP contribution in [-0.2, 0) is 16.4 Å². The largest absolute Gasteiger partial charge is 0.370 e. The van der Waals surface area contributed by atoms with Crippen LogP contribution in [0.5, 0.6) is 0 Å². The minimum absolute atomic E-state index is 0.212. The van der Waals surface area contributed by atoms with Gasteiger partial charge in [-0.3, -0.25) is 4.72 Å². The highest BCUT2D eigenvalue weighted by Gasteiger charge is 2.13. The topological polar surface area (TPSA) is 71.1 Å². The molecule has 0 aliphatic carbocycles. The van der Waals surface area contributed by atoms with Gasteiger partial charge in [0.2, 0.25) is 0 Å². The normalized spacial score (nSPS) is 11.1. The Kier molecular flexibility index (Phi) is 5.75. The molecule has 1 aromatic heterocycles. The molecule has 1 heterocycles. The Morgan fingerprint density at radius 2 is 1.77 bits per heavy atom. The summed E-state index contributed by atoms with van der Waals surface area (Å²) in [5.41, 5.74) is 1.55. The maximum Gasteiger partial charge on any atom is 0.261 e. The van der Waals surface area contributed by atoms with Crippen LogP contribution in [0.25, 0.3) is 0 Å². The van der Waals surface area contributed by atoms with E-state index in [2.05, 4.69) is 15.0 Å². The zero-order valence-electron chi connectivity index (χ0n) is 13.9. The van der Waals surface area contributed by atoms with E-state index in [1.54, 1.807) is 42.5 Å². The Morgan fingerprint density at radius 1 is 0.962 bits per heavy atom. The van der Waals surface area contributed by atoms with Crippen molar-refractivity contribution in [2.75, 3.05) is 16.6 Å². The van der Waals surface area contributed by atoms with Gasteiger partial charge in [0.15, 0.2) is 0 Å². The van der Waals surface area contributed by atoms with Gasteiger partial charge in [-0.2, -0.15) is 0 Å². The van der Waals surface area contributed by atoms with Crippen LogP contribution in [0.1, 0.15) is 5.56 Å². The summed E-state index contributed by atoms with van der Waals surface area (Å²) in [4.78, 5) is 4.45. The minimum Gasteiger partial charge on any atom is -0.370 e. The van der Waals surface area contributed by atoms with Gasteiger partial charge in [0.25, 0.3) is 10.0 Å². The third-order valence-corrected chi connectivity index (χ3v) is 5.31. The van der Waals surface area contributed by atoms with Gasteiger partial charge in [-0.25, -0.2) is 13.4 Å². The number of benzene rings is 2. The number of nitrogens with one attached hydrogen (secondary N) is 2. The van der Waals surface area contributed by atoms with E-state index < -0.39 is 10.0 Å². The molecule has 0 fully saturated rings. The fourth-order valence-electron chi connectivity index (χ4n) is 2.40. The first-order valence-electron chi connectivity index (χ1n) is 8.05. The summed E-state index contributed by atoms with van der Waals surface area (Å²) < 4.78 is 27.1. The van der Waals surface area contributed by atoms with Crippen LogP contribution < -0.4 is 10.0 Å². The Morgan fingerprint density at radius 3 is 2.46 bits per heavy atom. The highest BCUT2D eigenvalue weighted by atomic mass is 35.5. The Labute approximate surface area is 158 Å². The molecular weight excluding hydrogens is 370 g/mol. The Bertz CT molecular complexity index is 962. The Hall–Kier alpha value is -2.57. The first kappa shape index (κ1) is 18.2. The summed E-state index contributed by atoms with van der Waals surface area (Å²) in [6.07, 6.45) is 2.30. The number of nitrogens with zero attached hydrogens (tertiary/aromatic N) is 1. The van der Waals surface area contributed by atoms with Gasteiger partial charge in [0.05, 0.1) is 16.8 Å². The quantitative estimate of drug-likeness (QED) is 0.637. The summed E-state index contributed by atoms with van der Waals surface area (Å²) in [5, 5.41) is 3.92. The molecule has 2 N–H and O–H groups in total. The van der Waals surface area contributed by atoms with E-state index >= 15 is 0 Å². The molecule has 3 rings (SSSR count). The molecule has 0 spiro atoms. The van der Waals surface area contributed by atoms with Crippen molar-refractivity contribution in [1.29, 1.82) is 0 Å². The number of aromatic nitrogens is 1. The molecule has 0 amide bonds. The van der Waals surface area contributed by atoms with E-state index in [1.807, 2.05) is 24.3 Å². The molecule has 7 heteroatoms. The molecule has 134 valence electrons. The van der Waals surface area contributed by atoms with E-state index in [1.165, 1.54) is 6.20 Å². The monoisotopic (exact) mass is 387 g/mol. The van der Waals surface area contributed by atoms with Crippen molar-refractivity contribution < 1.29 is 8.42 Å². The first-order valence-corrected chi connectivity index (χ1v) is 9.91. The molecular formula is C19H18ClN3O2S. The van der Waals surface area contributed by atoms with Gasteiger partial charge in [-0.05, 0) is 48.4 Å². The molecule has 0 aliphatic rings. The predicted octanol–water partition coefficient (Wildman–Crippen LogP) is 4.19. The van der Waals surface area contributed by atoms with Crippen molar-refractivity contribution in [2.24, 2.45) is 0 Å². The summed E-state index contributed by atoms with van der Waals surface area (Å²) in [6, 6.07) is 19.3. The van der Waals surface area contributed by atoms with Crippen molar-refractivity contribution in [1.82, 2.24) is 4.98 Å². The van der Waals surface area contributed by atoms with Gasteiger partial charge >= 0.3 is 0 Å². The molecule has 0 saturated carbocycles.